The summed E-state index contributed by atoms with van der Waals surface area (Å²) in [6.07, 6.45) is 2.29. The largest absolute Gasteiger partial charge is 0.489 e. The van der Waals surface area contributed by atoms with Gasteiger partial charge in [-0.2, -0.15) is 0 Å². The maximum absolute atomic E-state index is 5.80. The van der Waals surface area contributed by atoms with E-state index in [-0.39, 0.29) is 6.10 Å². The van der Waals surface area contributed by atoms with Crippen molar-refractivity contribution < 1.29 is 4.74 Å². The third-order valence-electron chi connectivity index (χ3n) is 2.20. The van der Waals surface area contributed by atoms with Crippen molar-refractivity contribution in [1.82, 2.24) is 0 Å². The lowest BCUT2D eigenvalue weighted by Gasteiger charge is -2.17. The van der Waals surface area contributed by atoms with Crippen LogP contribution in [-0.4, -0.2) is 6.10 Å². The number of nitrogens with two attached hydrogens (primary N) is 1. The fourth-order valence-corrected chi connectivity index (χ4v) is 1.61. The number of rotatable bonds is 4. The summed E-state index contributed by atoms with van der Waals surface area (Å²) < 4.78 is 6.65. The first-order valence-electron chi connectivity index (χ1n) is 4.89. The van der Waals surface area contributed by atoms with E-state index < -0.39 is 0 Å². The van der Waals surface area contributed by atoms with Gasteiger partial charge < -0.3 is 10.5 Å². The topological polar surface area (TPSA) is 35.2 Å². The maximum Gasteiger partial charge on any atom is 0.135 e. The van der Waals surface area contributed by atoms with Crippen LogP contribution in [0.1, 0.15) is 26.7 Å². The fourth-order valence-electron chi connectivity index (χ4n) is 1.25. The van der Waals surface area contributed by atoms with Gasteiger partial charge in [0.05, 0.1) is 10.6 Å². The van der Waals surface area contributed by atoms with Crippen molar-refractivity contribution in [3.8, 4) is 5.75 Å². The number of halogens is 1. The number of hydrogen-bond acceptors (Lipinski definition) is 2. The van der Waals surface area contributed by atoms with E-state index in [1.54, 1.807) is 0 Å². The van der Waals surface area contributed by atoms with Gasteiger partial charge >= 0.3 is 0 Å². The summed E-state index contributed by atoms with van der Waals surface area (Å²) in [7, 11) is 0. The van der Waals surface area contributed by atoms with Gasteiger partial charge in [-0.1, -0.05) is 19.9 Å². The van der Waals surface area contributed by atoms with Crippen LogP contribution in [0.5, 0.6) is 5.75 Å². The smallest absolute Gasteiger partial charge is 0.135 e. The first kappa shape index (κ1) is 11.4. The highest BCUT2D eigenvalue weighted by atomic mass is 79.9. The molecule has 2 nitrogen and oxygen atoms in total. The Bertz CT molecular complexity index is 297. The molecule has 0 radical (unpaired) electrons. The van der Waals surface area contributed by atoms with E-state index in [0.29, 0.717) is 5.69 Å². The third-order valence-corrected chi connectivity index (χ3v) is 3.05. The molecule has 0 aromatic heterocycles. The van der Waals surface area contributed by atoms with Crippen LogP contribution in [-0.2, 0) is 0 Å². The summed E-state index contributed by atoms with van der Waals surface area (Å²) in [6.45, 7) is 4.24. The van der Waals surface area contributed by atoms with Crippen molar-refractivity contribution in [3.63, 3.8) is 0 Å². The Morgan fingerprint density at radius 2 is 2.00 bits per heavy atom. The molecule has 0 saturated heterocycles. The molecule has 0 heterocycles. The lowest BCUT2D eigenvalue weighted by Crippen LogP contribution is -2.14. The van der Waals surface area contributed by atoms with Crippen LogP contribution in [0, 0.1) is 0 Å². The number of benzene rings is 1. The minimum absolute atomic E-state index is 0.271. The van der Waals surface area contributed by atoms with E-state index in [1.165, 1.54) is 0 Å². The normalized spacial score (nSPS) is 10.6. The lowest BCUT2D eigenvalue weighted by atomic mass is 10.2. The molecule has 0 aliphatic carbocycles. The first-order valence-corrected chi connectivity index (χ1v) is 5.69. The summed E-state index contributed by atoms with van der Waals surface area (Å²) in [6, 6.07) is 5.68. The van der Waals surface area contributed by atoms with Gasteiger partial charge in [-0.3, -0.25) is 0 Å². The minimum atomic E-state index is 0.271. The summed E-state index contributed by atoms with van der Waals surface area (Å²) in [5.74, 6) is 0.832. The summed E-state index contributed by atoms with van der Waals surface area (Å²) in [5.41, 5.74) is 6.47. The standard InChI is InChI=1S/C11H16BrNO/c1-3-8(4-2)14-10-7-5-6-9(13)11(10)12/h5-8H,3-4,13H2,1-2H3. The second-order valence-electron chi connectivity index (χ2n) is 3.22. The van der Waals surface area contributed by atoms with Crippen LogP contribution in [0.3, 0.4) is 0 Å². The molecule has 0 spiro atoms. The number of anilines is 1. The monoisotopic (exact) mass is 257 g/mol. The van der Waals surface area contributed by atoms with Crippen LogP contribution in [0.15, 0.2) is 22.7 Å². The molecule has 0 saturated carbocycles. The predicted octanol–water partition coefficient (Wildman–Crippen LogP) is 3.60. The predicted molar refractivity (Wildman–Crippen MR) is 63.6 cm³/mol. The van der Waals surface area contributed by atoms with Gasteiger partial charge in [0, 0.05) is 5.69 Å². The van der Waals surface area contributed by atoms with Gasteiger partial charge in [0.15, 0.2) is 0 Å². The Hall–Kier alpha value is -0.700. The molecule has 78 valence electrons. The molecule has 1 aromatic carbocycles. The summed E-state index contributed by atoms with van der Waals surface area (Å²) >= 11 is 3.42. The number of hydrogen-bond donors (Lipinski definition) is 1. The lowest BCUT2D eigenvalue weighted by molar-refractivity contribution is 0.192. The van der Waals surface area contributed by atoms with Crippen molar-refractivity contribution in [2.45, 2.75) is 32.8 Å². The molecular formula is C11H16BrNO. The van der Waals surface area contributed by atoms with E-state index in [2.05, 4.69) is 29.8 Å². The molecule has 0 bridgehead atoms. The summed E-state index contributed by atoms with van der Waals surface area (Å²) in [4.78, 5) is 0. The Morgan fingerprint density at radius 1 is 1.36 bits per heavy atom. The van der Waals surface area contributed by atoms with Gasteiger partial charge in [-0.25, -0.2) is 0 Å². The second-order valence-corrected chi connectivity index (χ2v) is 4.01. The van der Waals surface area contributed by atoms with Crippen LogP contribution in [0.25, 0.3) is 0 Å². The van der Waals surface area contributed by atoms with E-state index in [0.717, 1.165) is 23.1 Å². The van der Waals surface area contributed by atoms with Crippen molar-refractivity contribution >= 4 is 21.6 Å². The number of ether oxygens (including phenoxy) is 1. The second kappa shape index (κ2) is 5.25. The van der Waals surface area contributed by atoms with E-state index in [9.17, 15) is 0 Å². The zero-order valence-electron chi connectivity index (χ0n) is 8.59. The van der Waals surface area contributed by atoms with Gasteiger partial charge in [0.25, 0.3) is 0 Å². The highest BCUT2D eigenvalue weighted by Crippen LogP contribution is 2.31. The van der Waals surface area contributed by atoms with Gasteiger partial charge in [-0.15, -0.1) is 0 Å². The summed E-state index contributed by atoms with van der Waals surface area (Å²) in [5, 5.41) is 0. The Kier molecular flexibility index (Phi) is 4.26. The van der Waals surface area contributed by atoms with Crippen molar-refractivity contribution in [2.75, 3.05) is 5.73 Å². The molecule has 2 N–H and O–H groups in total. The van der Waals surface area contributed by atoms with Crippen molar-refractivity contribution in [1.29, 1.82) is 0 Å². The SMILES string of the molecule is CCC(CC)Oc1cccc(N)c1Br. The minimum Gasteiger partial charge on any atom is -0.489 e. The van der Waals surface area contributed by atoms with Gasteiger partial charge in [0.1, 0.15) is 5.75 Å². The highest BCUT2D eigenvalue weighted by molar-refractivity contribution is 9.10. The van der Waals surface area contributed by atoms with Crippen LogP contribution in [0.4, 0.5) is 5.69 Å². The Balaban J connectivity index is 2.80. The molecule has 0 atom stereocenters. The number of nitrogen functional groups attached to an aromatic ring is 1. The molecule has 0 aliphatic heterocycles. The maximum atomic E-state index is 5.80. The quantitative estimate of drug-likeness (QED) is 0.837. The van der Waals surface area contributed by atoms with Crippen LogP contribution < -0.4 is 10.5 Å². The van der Waals surface area contributed by atoms with Crippen LogP contribution in [0.2, 0.25) is 0 Å². The molecule has 0 amide bonds. The zero-order chi connectivity index (χ0) is 10.6. The molecule has 14 heavy (non-hydrogen) atoms. The van der Waals surface area contributed by atoms with E-state index in [4.69, 9.17) is 10.5 Å². The molecule has 0 unspecified atom stereocenters. The molecule has 3 heteroatoms. The molecule has 0 fully saturated rings. The van der Waals surface area contributed by atoms with Gasteiger partial charge in [0.2, 0.25) is 0 Å². The third kappa shape index (κ3) is 2.64. The molecule has 1 rings (SSSR count). The average Bonchev–Trinajstić information content (AvgIpc) is 2.20. The zero-order valence-corrected chi connectivity index (χ0v) is 10.2. The first-order chi connectivity index (χ1) is 6.69. The van der Waals surface area contributed by atoms with Gasteiger partial charge in [-0.05, 0) is 40.9 Å². The van der Waals surface area contributed by atoms with Crippen molar-refractivity contribution in [2.24, 2.45) is 0 Å². The van der Waals surface area contributed by atoms with E-state index >= 15 is 0 Å². The highest BCUT2D eigenvalue weighted by Gasteiger charge is 2.09. The fraction of sp³-hybridized carbons (Fsp3) is 0.455. The molecule has 1 aromatic rings. The Labute approximate surface area is 93.6 Å². The average molecular weight is 258 g/mol. The molecule has 0 aliphatic rings. The molecular weight excluding hydrogens is 242 g/mol. The van der Waals surface area contributed by atoms with E-state index in [1.807, 2.05) is 18.2 Å². The van der Waals surface area contributed by atoms with Crippen molar-refractivity contribution in [3.05, 3.63) is 22.7 Å². The van der Waals surface area contributed by atoms with Crippen LogP contribution >= 0.6 is 15.9 Å². The Morgan fingerprint density at radius 3 is 2.57 bits per heavy atom.